The molecule has 2 fully saturated rings. The van der Waals surface area contributed by atoms with Crippen LogP contribution in [0.1, 0.15) is 40.5 Å². The van der Waals surface area contributed by atoms with Gasteiger partial charge < -0.3 is 9.47 Å². The molecule has 0 spiro atoms. The Morgan fingerprint density at radius 1 is 0.676 bits per heavy atom. The van der Waals surface area contributed by atoms with Crippen LogP contribution in [-0.4, -0.2) is 29.8 Å². The average Bonchev–Trinajstić information content (AvgIpc) is 3.69. The highest BCUT2D eigenvalue weighted by molar-refractivity contribution is 6.42. The third-order valence-corrected chi connectivity index (χ3v) is 7.31. The Hall–Kier alpha value is -2.12. The SMILES string of the molecule is CC(OC(=O)C1CC1C(=O)c1ccc(Cl)c(Cl)c1)OC(=O)[C@H]1C[C@@H]1C(=O)c1ccc(Cl)c(Cl)c1. The molecule has 0 N–H and O–H groups in total. The zero-order valence-corrected chi connectivity index (χ0v) is 20.8. The van der Waals surface area contributed by atoms with Crippen molar-refractivity contribution >= 4 is 69.9 Å². The number of esters is 2. The summed E-state index contributed by atoms with van der Waals surface area (Å²) >= 11 is 23.6. The summed E-state index contributed by atoms with van der Waals surface area (Å²) in [5, 5.41) is 1.17. The van der Waals surface area contributed by atoms with E-state index in [9.17, 15) is 19.2 Å². The predicted octanol–water partition coefficient (Wildman–Crippen LogP) is 6.07. The van der Waals surface area contributed by atoms with Crippen LogP contribution in [0.15, 0.2) is 36.4 Å². The van der Waals surface area contributed by atoms with Crippen LogP contribution in [0.3, 0.4) is 0 Å². The van der Waals surface area contributed by atoms with Crippen LogP contribution in [0, 0.1) is 23.7 Å². The molecular formula is C24H18Cl4O6. The van der Waals surface area contributed by atoms with E-state index in [1.54, 1.807) is 12.1 Å². The monoisotopic (exact) mass is 542 g/mol. The van der Waals surface area contributed by atoms with Crippen LogP contribution in [0.25, 0.3) is 0 Å². The van der Waals surface area contributed by atoms with Crippen LogP contribution in [0.4, 0.5) is 0 Å². The Labute approximate surface area is 215 Å². The second-order valence-corrected chi connectivity index (χ2v) is 9.95. The van der Waals surface area contributed by atoms with Gasteiger partial charge in [0.15, 0.2) is 11.6 Å². The van der Waals surface area contributed by atoms with Crippen molar-refractivity contribution in [2.75, 3.05) is 0 Å². The van der Waals surface area contributed by atoms with Crippen LogP contribution >= 0.6 is 46.4 Å². The second kappa shape index (κ2) is 9.86. The van der Waals surface area contributed by atoms with Gasteiger partial charge in [0, 0.05) is 29.9 Å². The molecule has 2 aromatic rings. The van der Waals surface area contributed by atoms with Crippen molar-refractivity contribution in [3.63, 3.8) is 0 Å². The molecule has 0 radical (unpaired) electrons. The maximum Gasteiger partial charge on any atom is 0.312 e. The molecule has 10 heteroatoms. The lowest BCUT2D eigenvalue weighted by Gasteiger charge is -2.14. The topological polar surface area (TPSA) is 86.7 Å². The maximum atomic E-state index is 12.6. The lowest BCUT2D eigenvalue weighted by molar-refractivity contribution is -0.186. The maximum absolute atomic E-state index is 12.6. The Kier molecular flexibility index (Phi) is 7.25. The summed E-state index contributed by atoms with van der Waals surface area (Å²) in [6, 6.07) is 9.06. The largest absolute Gasteiger partial charge is 0.425 e. The van der Waals surface area contributed by atoms with Gasteiger partial charge in [-0.1, -0.05) is 46.4 Å². The van der Waals surface area contributed by atoms with Crippen LogP contribution < -0.4 is 0 Å². The molecule has 0 aliphatic heterocycles. The summed E-state index contributed by atoms with van der Waals surface area (Å²) in [6.07, 6.45) is -0.481. The molecule has 2 saturated carbocycles. The Balaban J connectivity index is 1.25. The van der Waals surface area contributed by atoms with E-state index in [4.69, 9.17) is 55.9 Å². The molecule has 34 heavy (non-hydrogen) atoms. The van der Waals surface area contributed by atoms with E-state index in [0.29, 0.717) is 34.0 Å². The number of hydrogen-bond donors (Lipinski definition) is 0. The van der Waals surface area contributed by atoms with Crippen molar-refractivity contribution in [2.24, 2.45) is 23.7 Å². The number of hydrogen-bond acceptors (Lipinski definition) is 6. The van der Waals surface area contributed by atoms with E-state index in [1.165, 1.54) is 31.2 Å². The lowest BCUT2D eigenvalue weighted by atomic mass is 10.1. The number of carbonyl (C=O) groups is 4. The molecule has 0 bridgehead atoms. The van der Waals surface area contributed by atoms with Gasteiger partial charge in [0.25, 0.3) is 0 Å². The van der Waals surface area contributed by atoms with Crippen molar-refractivity contribution in [2.45, 2.75) is 26.1 Å². The minimum absolute atomic E-state index is 0.230. The number of carbonyl (C=O) groups excluding carboxylic acids is 4. The quantitative estimate of drug-likeness (QED) is 0.228. The Morgan fingerprint density at radius 3 is 1.41 bits per heavy atom. The smallest absolute Gasteiger partial charge is 0.312 e. The molecule has 6 nitrogen and oxygen atoms in total. The summed E-state index contributed by atoms with van der Waals surface area (Å²) in [6.45, 7) is 1.41. The van der Waals surface area contributed by atoms with Crippen molar-refractivity contribution in [3.05, 3.63) is 67.6 Å². The first-order valence-corrected chi connectivity index (χ1v) is 12.0. The fraction of sp³-hybridized carbons (Fsp3) is 0.333. The second-order valence-electron chi connectivity index (χ2n) is 8.33. The van der Waals surface area contributed by atoms with Gasteiger partial charge in [0.05, 0.1) is 31.9 Å². The van der Waals surface area contributed by atoms with Crippen LogP contribution in [0.2, 0.25) is 20.1 Å². The Bertz CT molecular complexity index is 1100. The van der Waals surface area contributed by atoms with Gasteiger partial charge in [-0.05, 0) is 49.2 Å². The number of rotatable bonds is 8. The predicted molar refractivity (Wildman–Crippen MR) is 126 cm³/mol. The normalized spacial score (nSPS) is 23.6. The summed E-state index contributed by atoms with van der Waals surface area (Å²) in [4.78, 5) is 49.9. The van der Waals surface area contributed by atoms with E-state index in [1.807, 2.05) is 0 Å². The average molecular weight is 544 g/mol. The standard InChI is InChI=1S/C24H18Cl4O6/c1-10(33-23(31)15-8-13(15)21(29)11-2-4-17(25)19(27)6-11)34-24(32)16-9-14(16)22(30)12-3-5-18(26)20(28)7-12/h2-7,10,13-16H,8-9H2,1H3/t10?,13-,14?,15-,16?/m0/s1. The molecule has 2 aliphatic carbocycles. The molecular weight excluding hydrogens is 526 g/mol. The highest BCUT2D eigenvalue weighted by Gasteiger charge is 2.51. The van der Waals surface area contributed by atoms with E-state index in [-0.39, 0.29) is 21.6 Å². The molecule has 0 aromatic heterocycles. The molecule has 2 aromatic carbocycles. The fourth-order valence-electron chi connectivity index (χ4n) is 3.74. The highest BCUT2D eigenvalue weighted by atomic mass is 35.5. The van der Waals surface area contributed by atoms with Crippen molar-refractivity contribution in [1.29, 1.82) is 0 Å². The van der Waals surface area contributed by atoms with Crippen molar-refractivity contribution in [1.82, 2.24) is 0 Å². The minimum atomic E-state index is -1.15. The first-order chi connectivity index (χ1) is 16.1. The number of ether oxygens (including phenoxy) is 2. The van der Waals surface area contributed by atoms with Gasteiger partial charge in [-0.3, -0.25) is 19.2 Å². The molecule has 0 heterocycles. The lowest BCUT2D eigenvalue weighted by Crippen LogP contribution is -2.25. The van der Waals surface area contributed by atoms with Crippen molar-refractivity contribution in [3.8, 4) is 0 Å². The van der Waals surface area contributed by atoms with Gasteiger partial charge in [0.2, 0.25) is 6.29 Å². The molecule has 2 aliphatic rings. The number of Topliss-reactive ketones (excluding diaryl/α,β-unsaturated/α-hetero) is 2. The van der Waals surface area contributed by atoms with Gasteiger partial charge in [-0.15, -0.1) is 0 Å². The third kappa shape index (κ3) is 5.41. The highest BCUT2D eigenvalue weighted by Crippen LogP contribution is 2.44. The fourth-order valence-corrected chi connectivity index (χ4v) is 4.34. The number of benzene rings is 2. The minimum Gasteiger partial charge on any atom is -0.425 e. The molecule has 178 valence electrons. The first-order valence-electron chi connectivity index (χ1n) is 10.5. The van der Waals surface area contributed by atoms with Gasteiger partial charge in [-0.25, -0.2) is 0 Å². The third-order valence-electron chi connectivity index (χ3n) is 5.83. The molecule has 4 rings (SSSR count). The van der Waals surface area contributed by atoms with Crippen molar-refractivity contribution < 1.29 is 28.7 Å². The van der Waals surface area contributed by atoms with Gasteiger partial charge in [0.1, 0.15) is 0 Å². The summed E-state index contributed by atoms with van der Waals surface area (Å²) < 4.78 is 10.4. The van der Waals surface area contributed by atoms with Crippen LogP contribution in [0.5, 0.6) is 0 Å². The van der Waals surface area contributed by atoms with E-state index in [0.717, 1.165) is 0 Å². The molecule has 0 saturated heterocycles. The van der Waals surface area contributed by atoms with Gasteiger partial charge in [-0.2, -0.15) is 0 Å². The number of ketones is 2. The zero-order valence-electron chi connectivity index (χ0n) is 17.7. The Morgan fingerprint density at radius 2 is 1.06 bits per heavy atom. The first kappa shape index (κ1) is 25.0. The molecule has 0 amide bonds. The van der Waals surface area contributed by atoms with Gasteiger partial charge >= 0.3 is 11.9 Å². The van der Waals surface area contributed by atoms with E-state index >= 15 is 0 Å². The summed E-state index contributed by atoms with van der Waals surface area (Å²) in [5.74, 6) is -4.00. The van der Waals surface area contributed by atoms with Crippen LogP contribution in [-0.2, 0) is 19.1 Å². The summed E-state index contributed by atoms with van der Waals surface area (Å²) in [7, 11) is 0. The number of halogens is 4. The summed E-state index contributed by atoms with van der Waals surface area (Å²) in [5.41, 5.74) is 0.723. The molecule has 3 unspecified atom stereocenters. The molecule has 5 atom stereocenters. The van der Waals surface area contributed by atoms with E-state index < -0.39 is 41.9 Å². The zero-order chi connectivity index (χ0) is 24.7. The van der Waals surface area contributed by atoms with E-state index in [2.05, 4.69) is 0 Å².